The first-order valence-corrected chi connectivity index (χ1v) is 8.39. The van der Waals surface area contributed by atoms with Crippen molar-refractivity contribution in [1.82, 2.24) is 24.6 Å². The number of aryl methyl sites for hydroxylation is 1. The third-order valence-corrected chi connectivity index (χ3v) is 4.63. The van der Waals surface area contributed by atoms with Crippen molar-refractivity contribution in [2.24, 2.45) is 7.05 Å². The molecule has 1 fully saturated rings. The Morgan fingerprint density at radius 3 is 2.72 bits per heavy atom. The van der Waals surface area contributed by atoms with Crippen LogP contribution in [0.25, 0.3) is 10.9 Å². The van der Waals surface area contributed by atoms with Crippen molar-refractivity contribution in [3.63, 3.8) is 0 Å². The minimum absolute atomic E-state index is 0.0751. The number of benzene rings is 1. The molecule has 0 saturated carbocycles. The number of rotatable bonds is 3. The van der Waals surface area contributed by atoms with Gasteiger partial charge in [-0.2, -0.15) is 5.10 Å². The number of piperazine rings is 1. The van der Waals surface area contributed by atoms with Crippen LogP contribution in [-0.2, 0) is 13.6 Å². The highest BCUT2D eigenvalue weighted by molar-refractivity contribution is 5.81. The number of fused-ring (bicyclic) bond motifs is 1. The van der Waals surface area contributed by atoms with Gasteiger partial charge >= 0.3 is 0 Å². The molecule has 0 aliphatic carbocycles. The van der Waals surface area contributed by atoms with Crippen LogP contribution in [0.1, 0.15) is 5.69 Å². The van der Waals surface area contributed by atoms with Crippen molar-refractivity contribution in [1.29, 1.82) is 0 Å². The number of hydrogen-bond donors (Lipinski definition) is 0. The summed E-state index contributed by atoms with van der Waals surface area (Å²) in [5, 5.41) is 5.38. The fourth-order valence-corrected chi connectivity index (χ4v) is 3.20. The Morgan fingerprint density at radius 2 is 1.92 bits per heavy atom. The van der Waals surface area contributed by atoms with Crippen LogP contribution in [0.3, 0.4) is 0 Å². The molecule has 1 aromatic carbocycles. The van der Waals surface area contributed by atoms with Gasteiger partial charge in [0, 0.05) is 63.1 Å². The molecule has 128 valence electrons. The van der Waals surface area contributed by atoms with Crippen LogP contribution in [0.5, 0.6) is 0 Å². The molecule has 0 bridgehead atoms. The van der Waals surface area contributed by atoms with E-state index in [-0.39, 0.29) is 5.56 Å². The standard InChI is InChI=1S/C18H20N6O/c1-22-18(25)5-2-15(21-22)12-23-6-8-24(9-7-23)16-3-4-17-14(10-16)11-19-13-20-17/h2-5,10-11,13H,6-9,12H2,1H3. The Bertz CT molecular complexity index is 945. The summed E-state index contributed by atoms with van der Waals surface area (Å²) in [6.45, 7) is 4.63. The largest absolute Gasteiger partial charge is 0.369 e. The minimum Gasteiger partial charge on any atom is -0.369 e. The van der Waals surface area contributed by atoms with Gasteiger partial charge in [0.2, 0.25) is 0 Å². The van der Waals surface area contributed by atoms with Gasteiger partial charge in [-0.3, -0.25) is 9.69 Å². The summed E-state index contributed by atoms with van der Waals surface area (Å²) in [7, 11) is 1.69. The third kappa shape index (κ3) is 3.36. The zero-order valence-electron chi connectivity index (χ0n) is 14.2. The van der Waals surface area contributed by atoms with Crippen molar-refractivity contribution >= 4 is 16.6 Å². The molecule has 7 nitrogen and oxygen atoms in total. The maximum Gasteiger partial charge on any atom is 0.266 e. The average molecular weight is 336 g/mol. The summed E-state index contributed by atoms with van der Waals surface area (Å²) in [5.74, 6) is 0. The predicted molar refractivity (Wildman–Crippen MR) is 96.5 cm³/mol. The summed E-state index contributed by atoms with van der Waals surface area (Å²) < 4.78 is 1.39. The van der Waals surface area contributed by atoms with E-state index in [1.807, 2.05) is 18.3 Å². The highest BCUT2D eigenvalue weighted by atomic mass is 16.1. The summed E-state index contributed by atoms with van der Waals surface area (Å²) in [5.41, 5.74) is 3.03. The molecular formula is C18H20N6O. The van der Waals surface area contributed by atoms with E-state index in [1.165, 1.54) is 10.4 Å². The lowest BCUT2D eigenvalue weighted by Crippen LogP contribution is -2.46. The van der Waals surface area contributed by atoms with Gasteiger partial charge in [-0.05, 0) is 24.3 Å². The second-order valence-electron chi connectivity index (χ2n) is 6.32. The van der Waals surface area contributed by atoms with Gasteiger partial charge in [-0.1, -0.05) is 0 Å². The molecule has 2 aromatic heterocycles. The van der Waals surface area contributed by atoms with Gasteiger partial charge < -0.3 is 4.90 Å². The molecule has 0 spiro atoms. The van der Waals surface area contributed by atoms with Crippen LogP contribution in [0, 0.1) is 0 Å². The zero-order chi connectivity index (χ0) is 17.2. The fraction of sp³-hybridized carbons (Fsp3) is 0.333. The number of aromatic nitrogens is 4. The summed E-state index contributed by atoms with van der Waals surface area (Å²) in [6, 6.07) is 9.72. The molecule has 4 rings (SSSR count). The van der Waals surface area contributed by atoms with Crippen LogP contribution >= 0.6 is 0 Å². The highest BCUT2D eigenvalue weighted by Gasteiger charge is 2.18. The maximum atomic E-state index is 11.4. The second kappa shape index (κ2) is 6.60. The van der Waals surface area contributed by atoms with Crippen molar-refractivity contribution in [2.75, 3.05) is 31.1 Å². The molecule has 1 saturated heterocycles. The first-order valence-electron chi connectivity index (χ1n) is 8.39. The summed E-state index contributed by atoms with van der Waals surface area (Å²) >= 11 is 0. The molecule has 3 aromatic rings. The normalized spacial score (nSPS) is 15.6. The molecule has 0 atom stereocenters. The number of hydrogen-bond acceptors (Lipinski definition) is 6. The molecule has 1 aliphatic heterocycles. The van der Waals surface area contributed by atoms with Gasteiger partial charge in [-0.25, -0.2) is 14.6 Å². The van der Waals surface area contributed by atoms with E-state index in [9.17, 15) is 4.79 Å². The van der Waals surface area contributed by atoms with Crippen molar-refractivity contribution in [3.8, 4) is 0 Å². The Balaban J connectivity index is 1.41. The van der Waals surface area contributed by atoms with Crippen LogP contribution in [0.4, 0.5) is 5.69 Å². The number of nitrogens with zero attached hydrogens (tertiary/aromatic N) is 6. The smallest absolute Gasteiger partial charge is 0.266 e. The minimum atomic E-state index is -0.0751. The maximum absolute atomic E-state index is 11.4. The SMILES string of the molecule is Cn1nc(CN2CCN(c3ccc4ncncc4c3)CC2)ccc1=O. The molecule has 0 radical (unpaired) electrons. The molecule has 25 heavy (non-hydrogen) atoms. The van der Waals surface area contributed by atoms with Gasteiger partial charge in [0.05, 0.1) is 11.2 Å². The lowest BCUT2D eigenvalue weighted by molar-refractivity contribution is 0.245. The van der Waals surface area contributed by atoms with Crippen molar-refractivity contribution in [3.05, 3.63) is 58.9 Å². The molecule has 0 N–H and O–H groups in total. The van der Waals surface area contributed by atoms with Crippen LogP contribution in [0.15, 0.2) is 47.7 Å². The Morgan fingerprint density at radius 1 is 1.08 bits per heavy atom. The van der Waals surface area contributed by atoms with Gasteiger partial charge in [0.1, 0.15) is 6.33 Å². The Labute approximate surface area is 145 Å². The van der Waals surface area contributed by atoms with E-state index in [2.05, 4.69) is 37.0 Å². The van der Waals surface area contributed by atoms with E-state index in [0.29, 0.717) is 0 Å². The van der Waals surface area contributed by atoms with E-state index < -0.39 is 0 Å². The first-order chi connectivity index (χ1) is 12.2. The van der Waals surface area contributed by atoms with E-state index in [1.54, 1.807) is 19.4 Å². The van der Waals surface area contributed by atoms with E-state index >= 15 is 0 Å². The van der Waals surface area contributed by atoms with E-state index in [4.69, 9.17) is 0 Å². The van der Waals surface area contributed by atoms with Crippen LogP contribution in [-0.4, -0.2) is 50.8 Å². The molecule has 1 aliphatic rings. The molecule has 0 unspecified atom stereocenters. The predicted octanol–water partition coefficient (Wildman–Crippen LogP) is 1.05. The lowest BCUT2D eigenvalue weighted by Gasteiger charge is -2.36. The third-order valence-electron chi connectivity index (χ3n) is 4.63. The van der Waals surface area contributed by atoms with Crippen LogP contribution in [0.2, 0.25) is 0 Å². The summed E-state index contributed by atoms with van der Waals surface area (Å²) in [4.78, 5) is 24.6. The van der Waals surface area contributed by atoms with Gasteiger partial charge in [0.15, 0.2) is 0 Å². The Kier molecular flexibility index (Phi) is 4.15. The first kappa shape index (κ1) is 15.7. The average Bonchev–Trinajstić information content (AvgIpc) is 2.65. The van der Waals surface area contributed by atoms with Gasteiger partial charge in [-0.15, -0.1) is 0 Å². The monoisotopic (exact) mass is 336 g/mol. The topological polar surface area (TPSA) is 67.2 Å². The zero-order valence-corrected chi connectivity index (χ0v) is 14.2. The molecule has 0 amide bonds. The fourth-order valence-electron chi connectivity index (χ4n) is 3.20. The molecule has 7 heteroatoms. The van der Waals surface area contributed by atoms with Crippen LogP contribution < -0.4 is 10.5 Å². The Hall–Kier alpha value is -2.80. The lowest BCUT2D eigenvalue weighted by atomic mass is 10.2. The molecular weight excluding hydrogens is 316 g/mol. The van der Waals surface area contributed by atoms with E-state index in [0.717, 1.165) is 49.3 Å². The van der Waals surface area contributed by atoms with Crippen molar-refractivity contribution < 1.29 is 0 Å². The quantitative estimate of drug-likeness (QED) is 0.712. The van der Waals surface area contributed by atoms with Gasteiger partial charge in [0.25, 0.3) is 5.56 Å². The second-order valence-corrected chi connectivity index (χ2v) is 6.32. The number of anilines is 1. The van der Waals surface area contributed by atoms with Crippen molar-refractivity contribution in [2.45, 2.75) is 6.54 Å². The highest BCUT2D eigenvalue weighted by Crippen LogP contribution is 2.21. The summed E-state index contributed by atoms with van der Waals surface area (Å²) in [6.07, 6.45) is 3.43. The molecule has 3 heterocycles.